The van der Waals surface area contributed by atoms with Gasteiger partial charge in [-0.2, -0.15) is 0 Å². The number of carbonyl (C=O) groups excluding carboxylic acids is 2. The molecule has 1 aromatic carbocycles. The van der Waals surface area contributed by atoms with Gasteiger partial charge in [-0.15, -0.1) is 0 Å². The number of ketones is 1. The zero-order valence-electron chi connectivity index (χ0n) is 15.7. The number of aryl methyl sites for hydroxylation is 1. The van der Waals surface area contributed by atoms with Crippen molar-refractivity contribution < 1.29 is 9.59 Å². The fraction of sp³-hybridized carbons (Fsp3) is 0.619. The maximum absolute atomic E-state index is 11.7. The molecule has 0 aliphatic carbocycles. The monoisotopic (exact) mass is 331 g/mol. The first-order chi connectivity index (χ1) is 11.4. The van der Waals surface area contributed by atoms with Gasteiger partial charge in [-0.1, -0.05) is 52.0 Å². The summed E-state index contributed by atoms with van der Waals surface area (Å²) < 4.78 is 0. The summed E-state index contributed by atoms with van der Waals surface area (Å²) in [6.07, 6.45) is 4.71. The van der Waals surface area contributed by atoms with E-state index >= 15 is 0 Å². The minimum atomic E-state index is 0.132. The van der Waals surface area contributed by atoms with Gasteiger partial charge in [-0.05, 0) is 42.2 Å². The SMILES string of the molecule is CC(C)CC(=O)CCCc1ccc(CCNC(=O)CC(C)C)cc1. The van der Waals surface area contributed by atoms with Gasteiger partial charge in [0.1, 0.15) is 5.78 Å². The van der Waals surface area contributed by atoms with Crippen molar-refractivity contribution in [3.8, 4) is 0 Å². The quantitative estimate of drug-likeness (QED) is 0.656. The van der Waals surface area contributed by atoms with Gasteiger partial charge in [0, 0.05) is 25.8 Å². The number of hydrogen-bond acceptors (Lipinski definition) is 2. The van der Waals surface area contributed by atoms with Crippen LogP contribution in [0, 0.1) is 11.8 Å². The van der Waals surface area contributed by atoms with Gasteiger partial charge < -0.3 is 5.32 Å². The van der Waals surface area contributed by atoms with E-state index in [1.54, 1.807) is 0 Å². The van der Waals surface area contributed by atoms with Crippen molar-refractivity contribution in [2.75, 3.05) is 6.54 Å². The second-order valence-corrected chi connectivity index (χ2v) is 7.50. The Morgan fingerprint density at radius 3 is 1.96 bits per heavy atom. The molecule has 1 amide bonds. The van der Waals surface area contributed by atoms with Crippen LogP contribution in [0.1, 0.15) is 64.5 Å². The smallest absolute Gasteiger partial charge is 0.220 e. The first-order valence-electron chi connectivity index (χ1n) is 9.23. The summed E-state index contributed by atoms with van der Waals surface area (Å²) in [5.41, 5.74) is 2.51. The minimum Gasteiger partial charge on any atom is -0.356 e. The van der Waals surface area contributed by atoms with Crippen LogP contribution >= 0.6 is 0 Å². The topological polar surface area (TPSA) is 46.2 Å². The molecule has 24 heavy (non-hydrogen) atoms. The van der Waals surface area contributed by atoms with Gasteiger partial charge in [0.2, 0.25) is 5.91 Å². The third-order valence-electron chi connectivity index (χ3n) is 3.91. The van der Waals surface area contributed by atoms with Crippen molar-refractivity contribution >= 4 is 11.7 Å². The molecule has 0 saturated heterocycles. The summed E-state index contributed by atoms with van der Waals surface area (Å²) in [6.45, 7) is 8.96. The Bertz CT molecular complexity index is 456. The fourth-order valence-corrected chi connectivity index (χ4v) is 2.71. The largest absolute Gasteiger partial charge is 0.356 e. The maximum atomic E-state index is 11.7. The highest BCUT2D eigenvalue weighted by atomic mass is 16.1. The van der Waals surface area contributed by atoms with Crippen LogP contribution in [0.2, 0.25) is 0 Å². The Morgan fingerprint density at radius 2 is 1.42 bits per heavy atom. The molecule has 0 unspecified atom stereocenters. The van der Waals surface area contributed by atoms with Crippen LogP contribution in [0.3, 0.4) is 0 Å². The molecule has 3 heteroatoms. The van der Waals surface area contributed by atoms with Crippen LogP contribution in [0.15, 0.2) is 24.3 Å². The van der Waals surface area contributed by atoms with Crippen molar-refractivity contribution in [2.24, 2.45) is 11.8 Å². The summed E-state index contributed by atoms with van der Waals surface area (Å²) in [6, 6.07) is 8.52. The molecule has 1 rings (SSSR count). The Labute approximate surface area is 147 Å². The summed E-state index contributed by atoms with van der Waals surface area (Å²) in [4.78, 5) is 23.3. The first-order valence-corrected chi connectivity index (χ1v) is 9.23. The Balaban J connectivity index is 2.25. The zero-order chi connectivity index (χ0) is 17.9. The molecule has 0 aromatic heterocycles. The number of hydrogen-bond donors (Lipinski definition) is 1. The standard InChI is InChI=1S/C21H33NO2/c1-16(2)14-20(23)7-5-6-18-8-10-19(11-9-18)12-13-22-21(24)15-17(3)4/h8-11,16-17H,5-7,12-15H2,1-4H3,(H,22,24). The number of amides is 1. The summed E-state index contributed by atoms with van der Waals surface area (Å²) in [7, 11) is 0. The molecular weight excluding hydrogens is 298 g/mol. The predicted octanol–water partition coefficient (Wildman–Crippen LogP) is 4.33. The van der Waals surface area contributed by atoms with Crippen LogP contribution < -0.4 is 5.32 Å². The average Bonchev–Trinajstić information content (AvgIpc) is 2.47. The zero-order valence-corrected chi connectivity index (χ0v) is 15.7. The van der Waals surface area contributed by atoms with Gasteiger partial charge in [0.25, 0.3) is 0 Å². The van der Waals surface area contributed by atoms with Gasteiger partial charge in [0.15, 0.2) is 0 Å². The van der Waals surface area contributed by atoms with E-state index in [1.807, 2.05) is 0 Å². The normalized spacial score (nSPS) is 11.1. The Hall–Kier alpha value is -1.64. The highest BCUT2D eigenvalue weighted by molar-refractivity contribution is 5.78. The second kappa shape index (κ2) is 11.0. The van der Waals surface area contributed by atoms with E-state index in [4.69, 9.17) is 0 Å². The van der Waals surface area contributed by atoms with Gasteiger partial charge >= 0.3 is 0 Å². The molecule has 0 fully saturated rings. The van der Waals surface area contributed by atoms with Crippen LogP contribution in [0.4, 0.5) is 0 Å². The molecule has 0 spiro atoms. The molecule has 0 atom stereocenters. The Morgan fingerprint density at radius 1 is 0.875 bits per heavy atom. The van der Waals surface area contributed by atoms with E-state index < -0.39 is 0 Å². The molecule has 0 aliphatic heterocycles. The molecular formula is C21H33NO2. The molecule has 0 radical (unpaired) electrons. The molecule has 1 aromatic rings. The van der Waals surface area contributed by atoms with E-state index in [0.717, 1.165) is 19.3 Å². The fourth-order valence-electron chi connectivity index (χ4n) is 2.71. The molecule has 0 heterocycles. The van der Waals surface area contributed by atoms with Crippen molar-refractivity contribution in [2.45, 2.75) is 66.2 Å². The van der Waals surface area contributed by atoms with E-state index in [9.17, 15) is 9.59 Å². The molecule has 0 aliphatic rings. The number of Topliss-reactive ketones (excluding diaryl/α,β-unsaturated/α-hetero) is 1. The molecule has 134 valence electrons. The first kappa shape index (κ1) is 20.4. The molecule has 1 N–H and O–H groups in total. The van der Waals surface area contributed by atoms with Gasteiger partial charge in [-0.3, -0.25) is 9.59 Å². The number of benzene rings is 1. The van der Waals surface area contributed by atoms with Crippen molar-refractivity contribution in [1.29, 1.82) is 0 Å². The average molecular weight is 332 g/mol. The van der Waals surface area contributed by atoms with Gasteiger partial charge in [-0.25, -0.2) is 0 Å². The number of carbonyl (C=O) groups is 2. The summed E-state index contributed by atoms with van der Waals surface area (Å²) in [5.74, 6) is 1.36. The van der Waals surface area contributed by atoms with Crippen LogP contribution in [0.25, 0.3) is 0 Å². The van der Waals surface area contributed by atoms with Crippen LogP contribution in [-0.2, 0) is 22.4 Å². The molecule has 0 saturated carbocycles. The predicted molar refractivity (Wildman–Crippen MR) is 100 cm³/mol. The van der Waals surface area contributed by atoms with Crippen LogP contribution in [0.5, 0.6) is 0 Å². The second-order valence-electron chi connectivity index (χ2n) is 7.50. The number of nitrogens with one attached hydrogen (secondary N) is 1. The van der Waals surface area contributed by atoms with Crippen LogP contribution in [-0.4, -0.2) is 18.2 Å². The lowest BCUT2D eigenvalue weighted by molar-refractivity contribution is -0.122. The van der Waals surface area contributed by atoms with Crippen molar-refractivity contribution in [1.82, 2.24) is 5.32 Å². The third-order valence-corrected chi connectivity index (χ3v) is 3.91. The lowest BCUT2D eigenvalue weighted by atomic mass is 10.0. The highest BCUT2D eigenvalue weighted by Crippen LogP contribution is 2.11. The maximum Gasteiger partial charge on any atom is 0.220 e. The van der Waals surface area contributed by atoms with E-state index in [0.29, 0.717) is 43.4 Å². The Kier molecular flexibility index (Phi) is 9.36. The molecule has 0 bridgehead atoms. The van der Waals surface area contributed by atoms with Gasteiger partial charge in [0.05, 0.1) is 0 Å². The minimum absolute atomic E-state index is 0.132. The lowest BCUT2D eigenvalue weighted by Gasteiger charge is -2.08. The molecule has 3 nitrogen and oxygen atoms in total. The summed E-state index contributed by atoms with van der Waals surface area (Å²) >= 11 is 0. The number of rotatable bonds is 11. The lowest BCUT2D eigenvalue weighted by Crippen LogP contribution is -2.26. The van der Waals surface area contributed by atoms with Crippen molar-refractivity contribution in [3.05, 3.63) is 35.4 Å². The summed E-state index contributed by atoms with van der Waals surface area (Å²) in [5, 5.41) is 2.96. The third kappa shape index (κ3) is 9.49. The highest BCUT2D eigenvalue weighted by Gasteiger charge is 2.06. The van der Waals surface area contributed by atoms with E-state index in [-0.39, 0.29) is 5.91 Å². The van der Waals surface area contributed by atoms with Crippen molar-refractivity contribution in [3.63, 3.8) is 0 Å². The van der Waals surface area contributed by atoms with E-state index in [1.165, 1.54) is 11.1 Å². The van der Waals surface area contributed by atoms with E-state index in [2.05, 4.69) is 57.3 Å².